The van der Waals surface area contributed by atoms with Crippen LogP contribution in [0.25, 0.3) is 0 Å². The molecule has 3 aromatic rings. The molecule has 0 saturated heterocycles. The number of rotatable bonds is 10. The maximum Gasteiger partial charge on any atom is 0.253 e. The molecule has 0 aliphatic heterocycles. The predicted octanol–water partition coefficient (Wildman–Crippen LogP) is 3.43. The van der Waals surface area contributed by atoms with Gasteiger partial charge in [-0.15, -0.1) is 0 Å². The Labute approximate surface area is 183 Å². The molecule has 4 rings (SSSR count). The van der Waals surface area contributed by atoms with E-state index in [1.807, 2.05) is 61.6 Å². The van der Waals surface area contributed by atoms with E-state index in [1.165, 1.54) is 12.8 Å². The molecule has 0 spiro atoms. The summed E-state index contributed by atoms with van der Waals surface area (Å²) in [6.45, 7) is 1.80. The van der Waals surface area contributed by atoms with E-state index in [0.29, 0.717) is 24.6 Å². The fourth-order valence-electron chi connectivity index (χ4n) is 3.67. The highest BCUT2D eigenvalue weighted by atomic mass is 16.3. The first-order valence-corrected chi connectivity index (χ1v) is 10.9. The third-order valence-electron chi connectivity index (χ3n) is 5.71. The molecule has 2 aromatic carbocycles. The van der Waals surface area contributed by atoms with Crippen LogP contribution < -0.4 is 5.32 Å². The van der Waals surface area contributed by atoms with E-state index in [2.05, 4.69) is 21.6 Å². The van der Waals surface area contributed by atoms with Crippen molar-refractivity contribution in [2.45, 2.75) is 37.8 Å². The molecule has 1 unspecified atom stereocenters. The summed E-state index contributed by atoms with van der Waals surface area (Å²) in [6, 6.07) is 19.5. The van der Waals surface area contributed by atoms with Crippen molar-refractivity contribution in [2.75, 3.05) is 20.1 Å². The molecule has 0 bridgehead atoms. The first-order chi connectivity index (χ1) is 15.1. The summed E-state index contributed by atoms with van der Waals surface area (Å²) in [7, 11) is 1.82. The zero-order valence-corrected chi connectivity index (χ0v) is 17.9. The number of carbonyl (C=O) groups is 1. The topological polar surface area (TPSA) is 81.2 Å². The maximum atomic E-state index is 12.7. The number of nitrogens with one attached hydrogen (secondary N) is 2. The highest BCUT2D eigenvalue weighted by molar-refractivity contribution is 5.94. The van der Waals surface area contributed by atoms with Crippen LogP contribution in [-0.4, -0.2) is 46.2 Å². The van der Waals surface area contributed by atoms with Crippen LogP contribution in [0.4, 0.5) is 0 Å². The van der Waals surface area contributed by atoms with Crippen molar-refractivity contribution >= 4 is 5.91 Å². The summed E-state index contributed by atoms with van der Waals surface area (Å²) in [5.41, 5.74) is 4.84. The number of nitrogens with zero attached hydrogens (tertiary/aromatic N) is 2. The fraction of sp³-hybridized carbons (Fsp3) is 0.360. The van der Waals surface area contributed by atoms with E-state index < -0.39 is 6.10 Å². The number of H-pyrrole nitrogens is 1. The Morgan fingerprint density at radius 3 is 2.65 bits per heavy atom. The Balaban J connectivity index is 1.22. The average Bonchev–Trinajstić information content (AvgIpc) is 3.56. The van der Waals surface area contributed by atoms with Crippen molar-refractivity contribution < 1.29 is 9.90 Å². The Morgan fingerprint density at radius 2 is 1.94 bits per heavy atom. The fourth-order valence-corrected chi connectivity index (χ4v) is 3.67. The summed E-state index contributed by atoms with van der Waals surface area (Å²) in [6.07, 6.45) is 2.76. The first kappa shape index (κ1) is 21.3. The minimum Gasteiger partial charge on any atom is -0.387 e. The lowest BCUT2D eigenvalue weighted by molar-refractivity contribution is 0.0783. The van der Waals surface area contributed by atoms with Gasteiger partial charge in [-0.05, 0) is 55.1 Å². The number of hydrogen-bond donors (Lipinski definition) is 3. The van der Waals surface area contributed by atoms with Crippen molar-refractivity contribution in [3.63, 3.8) is 0 Å². The van der Waals surface area contributed by atoms with Crippen LogP contribution in [-0.2, 0) is 13.0 Å². The van der Waals surface area contributed by atoms with Gasteiger partial charge in [-0.1, -0.05) is 42.5 Å². The van der Waals surface area contributed by atoms with Crippen LogP contribution in [0.3, 0.4) is 0 Å². The molecule has 1 aromatic heterocycles. The predicted molar refractivity (Wildman–Crippen MR) is 121 cm³/mol. The van der Waals surface area contributed by atoms with E-state index in [0.717, 1.165) is 35.5 Å². The number of benzene rings is 2. The molecule has 162 valence electrons. The number of hydrogen-bond acceptors (Lipinski definition) is 4. The number of aromatic amines is 1. The summed E-state index contributed by atoms with van der Waals surface area (Å²) in [5.74, 6) is 0.605. The molecular weight excluding hydrogens is 388 g/mol. The summed E-state index contributed by atoms with van der Waals surface area (Å²) < 4.78 is 0. The van der Waals surface area contributed by atoms with Gasteiger partial charge in [-0.3, -0.25) is 9.89 Å². The van der Waals surface area contributed by atoms with Crippen molar-refractivity contribution in [3.8, 4) is 0 Å². The summed E-state index contributed by atoms with van der Waals surface area (Å²) in [5, 5.41) is 20.9. The average molecular weight is 419 g/mol. The molecule has 1 saturated carbocycles. The van der Waals surface area contributed by atoms with E-state index in [-0.39, 0.29) is 5.91 Å². The minimum absolute atomic E-state index is 0.00164. The Bertz CT molecular complexity index is 980. The molecule has 3 N–H and O–H groups in total. The van der Waals surface area contributed by atoms with Gasteiger partial charge in [0.25, 0.3) is 5.91 Å². The number of aliphatic hydroxyl groups excluding tert-OH is 1. The number of amides is 1. The van der Waals surface area contributed by atoms with Gasteiger partial charge < -0.3 is 15.3 Å². The normalized spacial score (nSPS) is 14.4. The van der Waals surface area contributed by atoms with E-state index >= 15 is 0 Å². The van der Waals surface area contributed by atoms with Gasteiger partial charge in [0, 0.05) is 25.1 Å². The van der Waals surface area contributed by atoms with Gasteiger partial charge in [0.1, 0.15) is 0 Å². The molecule has 1 aliphatic rings. The van der Waals surface area contributed by atoms with Crippen molar-refractivity contribution in [1.82, 2.24) is 20.4 Å². The van der Waals surface area contributed by atoms with Crippen LogP contribution in [0.5, 0.6) is 0 Å². The smallest absolute Gasteiger partial charge is 0.253 e. The van der Waals surface area contributed by atoms with Crippen LogP contribution in [0.1, 0.15) is 57.7 Å². The molecule has 6 heteroatoms. The zero-order valence-electron chi connectivity index (χ0n) is 17.9. The molecule has 1 heterocycles. The lowest BCUT2D eigenvalue weighted by Crippen LogP contribution is -2.26. The Kier molecular flexibility index (Phi) is 6.79. The van der Waals surface area contributed by atoms with Crippen LogP contribution >= 0.6 is 0 Å². The molecule has 1 amide bonds. The molecular formula is C25H30N4O2. The summed E-state index contributed by atoms with van der Waals surface area (Å²) >= 11 is 0. The minimum atomic E-state index is -0.507. The zero-order chi connectivity index (χ0) is 21.6. The second-order valence-electron chi connectivity index (χ2n) is 8.33. The lowest BCUT2D eigenvalue weighted by Gasteiger charge is -2.16. The van der Waals surface area contributed by atoms with Crippen LogP contribution in [0.15, 0.2) is 60.7 Å². The number of aliphatic hydroxyl groups is 1. The van der Waals surface area contributed by atoms with Gasteiger partial charge in [-0.25, -0.2) is 0 Å². The molecule has 0 radical (unpaired) electrons. The van der Waals surface area contributed by atoms with Gasteiger partial charge in [0.2, 0.25) is 0 Å². The Morgan fingerprint density at radius 1 is 1.19 bits per heavy atom. The van der Waals surface area contributed by atoms with E-state index in [1.54, 1.807) is 4.90 Å². The van der Waals surface area contributed by atoms with Crippen molar-refractivity contribution in [1.29, 1.82) is 0 Å². The second kappa shape index (κ2) is 9.90. The van der Waals surface area contributed by atoms with Crippen LogP contribution in [0.2, 0.25) is 0 Å². The number of aromatic nitrogens is 2. The van der Waals surface area contributed by atoms with Crippen molar-refractivity contribution in [3.05, 3.63) is 88.7 Å². The maximum absolute atomic E-state index is 12.7. The first-order valence-electron chi connectivity index (χ1n) is 10.9. The molecule has 1 aliphatic carbocycles. The van der Waals surface area contributed by atoms with E-state index in [4.69, 9.17) is 0 Å². The molecule has 1 atom stereocenters. The lowest BCUT2D eigenvalue weighted by atomic mass is 10.1. The highest BCUT2D eigenvalue weighted by Crippen LogP contribution is 2.39. The van der Waals surface area contributed by atoms with E-state index in [9.17, 15) is 9.90 Å². The van der Waals surface area contributed by atoms with Crippen molar-refractivity contribution in [2.24, 2.45) is 0 Å². The highest BCUT2D eigenvalue weighted by Gasteiger charge is 2.26. The number of carbonyl (C=O) groups excluding carboxylic acids is 1. The van der Waals surface area contributed by atoms with Crippen LogP contribution in [0, 0.1) is 0 Å². The summed E-state index contributed by atoms with van der Waals surface area (Å²) in [4.78, 5) is 14.4. The second-order valence-corrected chi connectivity index (χ2v) is 8.33. The third kappa shape index (κ3) is 5.81. The monoisotopic (exact) mass is 418 g/mol. The molecule has 31 heavy (non-hydrogen) atoms. The molecule has 6 nitrogen and oxygen atoms in total. The van der Waals surface area contributed by atoms with Gasteiger partial charge in [0.15, 0.2) is 0 Å². The SMILES string of the molecule is CN(Cc1cc(C2CC2)n[nH]1)C(=O)c1ccc(CCNCC(O)c2ccccc2)cc1. The third-order valence-corrected chi connectivity index (χ3v) is 5.71. The Hall–Kier alpha value is -2.96. The van der Waals surface area contributed by atoms with Gasteiger partial charge in [0.05, 0.1) is 24.0 Å². The van der Waals surface area contributed by atoms with Gasteiger partial charge in [-0.2, -0.15) is 5.10 Å². The molecule has 1 fully saturated rings. The van der Waals surface area contributed by atoms with Gasteiger partial charge >= 0.3 is 0 Å². The standard InChI is InChI=1S/C25H30N4O2/c1-29(17-22-15-23(28-27-22)19-11-12-19)25(31)21-9-7-18(8-10-21)13-14-26-16-24(30)20-5-3-2-4-6-20/h2-10,15,19,24,26,30H,11-14,16-17H2,1H3,(H,27,28). The largest absolute Gasteiger partial charge is 0.387 e. The quantitative estimate of drug-likeness (QED) is 0.441.